The number of hydrogen-bond donors (Lipinski definition) is 0. The van der Waals surface area contributed by atoms with Crippen molar-refractivity contribution in [2.75, 3.05) is 0 Å². The van der Waals surface area contributed by atoms with Crippen molar-refractivity contribution >= 4 is 41.8 Å². The molecule has 2 bridgehead atoms. The zero-order valence-electron chi connectivity index (χ0n) is 23.2. The van der Waals surface area contributed by atoms with Crippen molar-refractivity contribution < 1.29 is 18.1 Å². The second kappa shape index (κ2) is 8.15. The zero-order valence-corrected chi connectivity index (χ0v) is 25.8. The van der Waals surface area contributed by atoms with Crippen molar-refractivity contribution in [1.29, 1.82) is 0 Å². The van der Waals surface area contributed by atoms with Crippen LogP contribution in [0.1, 0.15) is 79.0 Å². The Morgan fingerprint density at radius 1 is 0.568 bits per heavy atom. The summed E-state index contributed by atoms with van der Waals surface area (Å²) >= 11 is 8.09. The van der Waals surface area contributed by atoms with Gasteiger partial charge in [-0.25, -0.2) is 0 Å². The van der Waals surface area contributed by atoms with Crippen LogP contribution in [0.3, 0.4) is 0 Å². The van der Waals surface area contributed by atoms with E-state index in [0.29, 0.717) is 17.2 Å². The predicted octanol–water partition coefficient (Wildman–Crippen LogP) is 7.06. The molecule has 0 unspecified atom stereocenters. The van der Waals surface area contributed by atoms with E-state index in [-0.39, 0.29) is 16.2 Å². The van der Waals surface area contributed by atoms with Gasteiger partial charge < -0.3 is 13.6 Å². The summed E-state index contributed by atoms with van der Waals surface area (Å²) in [5.74, 6) is 1.37. The van der Waals surface area contributed by atoms with Gasteiger partial charge in [0.25, 0.3) is 7.38 Å². The molecule has 37 heavy (non-hydrogen) atoms. The minimum atomic E-state index is -4.08. The van der Waals surface area contributed by atoms with Gasteiger partial charge in [0.1, 0.15) is 17.2 Å². The fraction of sp³-hybridized carbons (Fsp3) is 0.400. The van der Waals surface area contributed by atoms with Crippen LogP contribution in [0.4, 0.5) is 0 Å². The van der Waals surface area contributed by atoms with Gasteiger partial charge in [-0.1, -0.05) is 98.7 Å². The Morgan fingerprint density at radius 3 is 1.08 bits per heavy atom. The molecule has 3 aromatic rings. The third kappa shape index (κ3) is 4.43. The first-order chi connectivity index (χ1) is 16.9. The zero-order chi connectivity index (χ0) is 27.2. The summed E-state index contributed by atoms with van der Waals surface area (Å²) in [6, 6.07) is 18.1. The van der Waals surface area contributed by atoms with E-state index in [1.54, 1.807) is 0 Å². The van der Waals surface area contributed by atoms with Crippen LogP contribution >= 0.6 is 18.9 Å². The Bertz CT molecular complexity index is 1290. The first kappa shape index (κ1) is 26.4. The summed E-state index contributed by atoms with van der Waals surface area (Å²) in [6.07, 6.45) is 0. The Balaban J connectivity index is 1.97. The summed E-state index contributed by atoms with van der Waals surface area (Å²) in [5, 5.41) is 2.61. The minimum Gasteiger partial charge on any atom is -0.386 e. The van der Waals surface area contributed by atoms with Gasteiger partial charge in [-0.2, -0.15) is 4.57 Å². The average molecular weight is 555 g/mol. The van der Waals surface area contributed by atoms with Crippen molar-refractivity contribution in [1.82, 2.24) is 0 Å². The molecule has 0 fully saturated rings. The van der Waals surface area contributed by atoms with E-state index in [1.165, 1.54) is 0 Å². The summed E-state index contributed by atoms with van der Waals surface area (Å²) in [5.41, 5.74) is 3.05. The Kier molecular flexibility index (Phi) is 5.81. The van der Waals surface area contributed by atoms with Crippen LogP contribution in [0.5, 0.6) is 17.2 Å². The molecule has 0 amide bonds. The number of halogens is 1. The van der Waals surface area contributed by atoms with Gasteiger partial charge in [0.2, 0.25) is 0 Å². The number of phosphoric ester groups is 1. The number of benzene rings is 3. The maximum Gasteiger partial charge on any atom is 0.647 e. The molecule has 0 aliphatic carbocycles. The predicted molar refractivity (Wildman–Crippen MR) is 155 cm³/mol. The summed E-state index contributed by atoms with van der Waals surface area (Å²) in [7, 11) is -7.41. The minimum absolute atomic E-state index is 0.114. The van der Waals surface area contributed by atoms with Crippen LogP contribution in [0.25, 0.3) is 0 Å². The van der Waals surface area contributed by atoms with E-state index in [1.807, 2.05) is 36.4 Å². The molecule has 3 heterocycles. The largest absolute Gasteiger partial charge is 0.647 e. The van der Waals surface area contributed by atoms with E-state index < -0.39 is 15.2 Å². The van der Waals surface area contributed by atoms with Crippen molar-refractivity contribution in [3.05, 3.63) is 71.3 Å². The molecule has 0 saturated carbocycles. The summed E-state index contributed by atoms with van der Waals surface area (Å²) in [6.45, 7) is 19.6. The molecule has 3 aromatic carbocycles. The fourth-order valence-electron chi connectivity index (χ4n) is 4.89. The standard InChI is InChI=1S/C30H36ClO4PSi/c1-28(2,3)19-10-13-22-25(16-19)37(31)26-17-20(29(4,5)6)11-14-23(26)34-36(32,33-22)35-24-15-12-21(18-27(24)37)30(7,8)9/h10-18H,1-9H3. The van der Waals surface area contributed by atoms with Crippen LogP contribution in [0.15, 0.2) is 54.6 Å². The highest BCUT2D eigenvalue weighted by molar-refractivity contribution is 7.50. The average Bonchev–Trinajstić information content (AvgIpc) is 2.75. The fourth-order valence-corrected chi connectivity index (χ4v) is 11.1. The Morgan fingerprint density at radius 2 is 0.838 bits per heavy atom. The van der Waals surface area contributed by atoms with E-state index in [2.05, 4.69) is 80.5 Å². The highest BCUT2D eigenvalue weighted by Gasteiger charge is 2.53. The number of phosphoric acid groups is 1. The molecule has 0 N–H and O–H groups in total. The summed E-state index contributed by atoms with van der Waals surface area (Å²) < 4.78 is 32.5. The van der Waals surface area contributed by atoms with E-state index in [0.717, 1.165) is 32.3 Å². The topological polar surface area (TPSA) is 44.8 Å². The highest BCUT2D eigenvalue weighted by Crippen LogP contribution is 2.53. The van der Waals surface area contributed by atoms with Gasteiger partial charge in [-0.3, -0.25) is 0 Å². The monoisotopic (exact) mass is 554 g/mol. The lowest BCUT2D eigenvalue weighted by Gasteiger charge is -2.39. The van der Waals surface area contributed by atoms with E-state index in [4.69, 9.17) is 24.7 Å². The lowest BCUT2D eigenvalue weighted by Crippen LogP contribution is -2.65. The second-order valence-corrected chi connectivity index (χ2v) is 19.3. The van der Waals surface area contributed by atoms with Crippen LogP contribution in [0, 0.1) is 0 Å². The molecule has 6 rings (SSSR count). The third-order valence-electron chi connectivity index (χ3n) is 7.28. The highest BCUT2D eigenvalue weighted by atomic mass is 35.6. The number of rotatable bonds is 0. The normalized spacial score (nSPS) is 22.8. The quantitative estimate of drug-likeness (QED) is 0.170. The molecule has 7 heteroatoms. The van der Waals surface area contributed by atoms with Gasteiger partial charge >= 0.3 is 7.82 Å². The Hall–Kier alpha value is -2.20. The van der Waals surface area contributed by atoms with Crippen LogP contribution < -0.4 is 29.1 Å². The second-order valence-electron chi connectivity index (χ2n) is 13.3. The molecular formula is C30H36ClO4PSi. The maximum absolute atomic E-state index is 14.2. The molecular weight excluding hydrogens is 519 g/mol. The van der Waals surface area contributed by atoms with E-state index in [9.17, 15) is 4.57 Å². The van der Waals surface area contributed by atoms with Crippen molar-refractivity contribution in [3.8, 4) is 17.2 Å². The molecule has 0 atom stereocenters. The van der Waals surface area contributed by atoms with Crippen molar-refractivity contribution in [2.45, 2.75) is 78.6 Å². The van der Waals surface area contributed by atoms with Gasteiger partial charge in [0, 0.05) is 15.6 Å². The first-order valence-corrected chi connectivity index (χ1v) is 17.2. The number of hydrogen-bond acceptors (Lipinski definition) is 4. The van der Waals surface area contributed by atoms with Crippen LogP contribution in [-0.2, 0) is 20.8 Å². The Labute approximate surface area is 226 Å². The van der Waals surface area contributed by atoms with Gasteiger partial charge in [-0.15, -0.1) is 11.1 Å². The molecule has 3 aliphatic rings. The molecule has 3 aliphatic heterocycles. The molecule has 0 saturated heterocycles. The summed E-state index contributed by atoms with van der Waals surface area (Å²) in [4.78, 5) is 0. The lowest BCUT2D eigenvalue weighted by molar-refractivity contribution is 0.299. The molecule has 196 valence electrons. The molecule has 0 aromatic heterocycles. The van der Waals surface area contributed by atoms with Gasteiger partial charge in [-0.05, 0) is 51.1 Å². The van der Waals surface area contributed by atoms with Crippen LogP contribution in [-0.4, -0.2) is 7.38 Å². The molecule has 0 radical (unpaired) electrons. The molecule has 0 spiro atoms. The first-order valence-electron chi connectivity index (χ1n) is 12.7. The lowest BCUT2D eigenvalue weighted by atomic mass is 9.87. The van der Waals surface area contributed by atoms with Crippen molar-refractivity contribution in [2.24, 2.45) is 0 Å². The van der Waals surface area contributed by atoms with Gasteiger partial charge in [0.15, 0.2) is 0 Å². The van der Waals surface area contributed by atoms with Crippen LogP contribution in [0.2, 0.25) is 0 Å². The van der Waals surface area contributed by atoms with Gasteiger partial charge in [0.05, 0.1) is 0 Å². The smallest absolute Gasteiger partial charge is 0.386 e. The molecule has 4 nitrogen and oxygen atoms in total. The third-order valence-corrected chi connectivity index (χ3v) is 13.8. The van der Waals surface area contributed by atoms with Crippen molar-refractivity contribution in [3.63, 3.8) is 0 Å². The SMILES string of the molecule is CC(C)(C)c1ccc2c(c1)[Si]1(Cl)c3cc(C(C)(C)C)ccc3OP(=O)(O2)Oc2ccc(C(C)(C)C)cc21. The van der Waals surface area contributed by atoms with E-state index >= 15 is 0 Å². The maximum atomic E-state index is 14.2.